The molecule has 0 spiro atoms. The van der Waals surface area contributed by atoms with Gasteiger partial charge in [0.15, 0.2) is 0 Å². The van der Waals surface area contributed by atoms with Gasteiger partial charge < -0.3 is 19.2 Å². The minimum Gasteiger partial charge on any atom is -0.497 e. The van der Waals surface area contributed by atoms with Gasteiger partial charge in [-0.3, -0.25) is 4.90 Å². The van der Waals surface area contributed by atoms with E-state index in [0.29, 0.717) is 5.89 Å². The van der Waals surface area contributed by atoms with Crippen molar-refractivity contribution in [2.75, 3.05) is 33.9 Å². The lowest BCUT2D eigenvalue weighted by molar-refractivity contribution is 0.149. The topological polar surface area (TPSA) is 59.8 Å². The Hall–Kier alpha value is -2.83. The molecule has 1 N–H and O–H groups in total. The van der Waals surface area contributed by atoms with Crippen molar-refractivity contribution in [1.82, 2.24) is 15.2 Å². The van der Waals surface area contributed by atoms with Gasteiger partial charge in [-0.1, -0.05) is 18.2 Å². The number of hydrogen-bond donors (Lipinski definition) is 1. The van der Waals surface area contributed by atoms with Crippen LogP contribution in [0.25, 0.3) is 11.5 Å². The van der Waals surface area contributed by atoms with E-state index in [9.17, 15) is 0 Å². The molecule has 1 unspecified atom stereocenters. The number of methoxy groups -OCH3 is 2. The predicted molar refractivity (Wildman–Crippen MR) is 108 cm³/mol. The molecule has 2 heterocycles. The van der Waals surface area contributed by atoms with E-state index in [0.717, 1.165) is 48.9 Å². The van der Waals surface area contributed by atoms with Crippen LogP contribution in [0.3, 0.4) is 0 Å². The molecule has 6 heteroatoms. The smallest absolute Gasteiger partial charge is 0.226 e. The second-order valence-electron chi connectivity index (χ2n) is 6.80. The van der Waals surface area contributed by atoms with Crippen LogP contribution in [0.5, 0.6) is 11.5 Å². The van der Waals surface area contributed by atoms with E-state index in [4.69, 9.17) is 18.9 Å². The molecule has 1 saturated heterocycles. The fraction of sp³-hybridized carbons (Fsp3) is 0.318. The Morgan fingerprint density at radius 2 is 1.93 bits per heavy atom. The van der Waals surface area contributed by atoms with Crippen LogP contribution in [-0.4, -0.2) is 43.7 Å². The van der Waals surface area contributed by atoms with E-state index in [1.165, 1.54) is 5.56 Å². The molecular formula is C22H25N3O3. The first-order valence-electron chi connectivity index (χ1n) is 9.45. The zero-order chi connectivity index (χ0) is 19.3. The number of hydrogen-bond acceptors (Lipinski definition) is 6. The van der Waals surface area contributed by atoms with Crippen molar-refractivity contribution in [3.8, 4) is 23.0 Å². The van der Waals surface area contributed by atoms with Crippen molar-refractivity contribution >= 4 is 0 Å². The zero-order valence-electron chi connectivity index (χ0n) is 16.2. The third kappa shape index (κ3) is 3.88. The van der Waals surface area contributed by atoms with Gasteiger partial charge in [0.25, 0.3) is 0 Å². The predicted octanol–water partition coefficient (Wildman–Crippen LogP) is 3.51. The largest absolute Gasteiger partial charge is 0.497 e. The average Bonchev–Trinajstić information content (AvgIpc) is 3.23. The highest BCUT2D eigenvalue weighted by atomic mass is 16.5. The molecule has 1 fully saturated rings. The normalized spacial score (nSPS) is 17.4. The summed E-state index contributed by atoms with van der Waals surface area (Å²) >= 11 is 0. The Bertz CT molecular complexity index is 907. The minimum atomic E-state index is 0.228. The van der Waals surface area contributed by atoms with E-state index in [1.807, 2.05) is 36.4 Å². The molecule has 0 radical (unpaired) electrons. The molecule has 0 bridgehead atoms. The Kier molecular flexibility index (Phi) is 5.60. The fourth-order valence-electron chi connectivity index (χ4n) is 3.64. The molecule has 0 aliphatic carbocycles. The van der Waals surface area contributed by atoms with Gasteiger partial charge in [-0.2, -0.15) is 0 Å². The second-order valence-corrected chi connectivity index (χ2v) is 6.80. The first-order valence-corrected chi connectivity index (χ1v) is 9.45. The molecular weight excluding hydrogens is 354 g/mol. The van der Waals surface area contributed by atoms with E-state index in [-0.39, 0.29) is 6.04 Å². The van der Waals surface area contributed by atoms with E-state index in [1.54, 1.807) is 20.5 Å². The van der Waals surface area contributed by atoms with Crippen molar-refractivity contribution in [3.05, 3.63) is 66.1 Å². The molecule has 0 amide bonds. The standard InChI is InChI=1S/C22H25N3O3/c1-26-18-9-7-16(8-10-18)22-24-17(15-28-22)14-25-12-11-23-13-20(25)19-5-3-4-6-21(19)27-2/h3-10,15,20,23H,11-14H2,1-2H3. The summed E-state index contributed by atoms with van der Waals surface area (Å²) in [6, 6.07) is 16.2. The van der Waals surface area contributed by atoms with Crippen LogP contribution < -0.4 is 14.8 Å². The summed E-state index contributed by atoms with van der Waals surface area (Å²) in [5, 5.41) is 3.49. The molecule has 2 aromatic carbocycles. The van der Waals surface area contributed by atoms with Gasteiger partial charge in [-0.25, -0.2) is 4.98 Å². The van der Waals surface area contributed by atoms with Gasteiger partial charge in [0.1, 0.15) is 17.8 Å². The number of ether oxygens (including phenoxy) is 2. The molecule has 146 valence electrons. The Labute approximate surface area is 165 Å². The Morgan fingerprint density at radius 1 is 1.11 bits per heavy atom. The molecule has 1 aliphatic rings. The monoisotopic (exact) mass is 379 g/mol. The number of nitrogens with zero attached hydrogens (tertiary/aromatic N) is 2. The summed E-state index contributed by atoms with van der Waals surface area (Å²) in [4.78, 5) is 7.12. The number of nitrogens with one attached hydrogen (secondary N) is 1. The summed E-state index contributed by atoms with van der Waals surface area (Å²) in [6.07, 6.45) is 1.75. The van der Waals surface area contributed by atoms with Crippen molar-refractivity contribution in [2.45, 2.75) is 12.6 Å². The highest BCUT2D eigenvalue weighted by Gasteiger charge is 2.27. The number of benzene rings is 2. The average molecular weight is 379 g/mol. The SMILES string of the molecule is COc1ccc(-c2nc(CN3CCNCC3c3ccccc3OC)co2)cc1. The van der Waals surface area contributed by atoms with Crippen LogP contribution in [0.4, 0.5) is 0 Å². The van der Waals surface area contributed by atoms with E-state index in [2.05, 4.69) is 22.3 Å². The fourth-order valence-corrected chi connectivity index (χ4v) is 3.64. The molecule has 28 heavy (non-hydrogen) atoms. The van der Waals surface area contributed by atoms with Crippen molar-refractivity contribution in [2.24, 2.45) is 0 Å². The lowest BCUT2D eigenvalue weighted by Crippen LogP contribution is -2.45. The molecule has 4 rings (SSSR count). The first kappa shape index (κ1) is 18.5. The third-order valence-electron chi connectivity index (χ3n) is 5.11. The van der Waals surface area contributed by atoms with Gasteiger partial charge >= 0.3 is 0 Å². The maximum Gasteiger partial charge on any atom is 0.226 e. The highest BCUT2D eigenvalue weighted by molar-refractivity contribution is 5.54. The van der Waals surface area contributed by atoms with Gasteiger partial charge in [-0.05, 0) is 30.3 Å². The zero-order valence-corrected chi connectivity index (χ0v) is 16.2. The number of para-hydroxylation sites is 1. The quantitative estimate of drug-likeness (QED) is 0.707. The van der Waals surface area contributed by atoms with E-state index < -0.39 is 0 Å². The molecule has 6 nitrogen and oxygen atoms in total. The van der Waals surface area contributed by atoms with Crippen LogP contribution in [0.2, 0.25) is 0 Å². The van der Waals surface area contributed by atoms with Gasteiger partial charge in [0.05, 0.1) is 26.0 Å². The molecule has 0 saturated carbocycles. The van der Waals surface area contributed by atoms with Crippen molar-refractivity contribution < 1.29 is 13.9 Å². The molecule has 1 aliphatic heterocycles. The van der Waals surface area contributed by atoms with Gasteiger partial charge in [-0.15, -0.1) is 0 Å². The second kappa shape index (κ2) is 8.46. The number of rotatable bonds is 6. The van der Waals surface area contributed by atoms with Crippen LogP contribution >= 0.6 is 0 Å². The lowest BCUT2D eigenvalue weighted by atomic mass is 10.0. The Morgan fingerprint density at radius 3 is 2.71 bits per heavy atom. The number of oxazole rings is 1. The maximum atomic E-state index is 5.73. The summed E-state index contributed by atoms with van der Waals surface area (Å²) in [7, 11) is 3.38. The lowest BCUT2D eigenvalue weighted by Gasteiger charge is -2.36. The maximum absolute atomic E-state index is 5.73. The van der Waals surface area contributed by atoms with Crippen LogP contribution in [-0.2, 0) is 6.54 Å². The van der Waals surface area contributed by atoms with Crippen LogP contribution in [0, 0.1) is 0 Å². The summed E-state index contributed by atoms with van der Waals surface area (Å²) in [5.41, 5.74) is 3.05. The van der Waals surface area contributed by atoms with E-state index >= 15 is 0 Å². The highest BCUT2D eigenvalue weighted by Crippen LogP contribution is 2.31. The van der Waals surface area contributed by atoms with Gasteiger partial charge in [0.2, 0.25) is 5.89 Å². The van der Waals surface area contributed by atoms with Crippen LogP contribution in [0.1, 0.15) is 17.3 Å². The number of aromatic nitrogens is 1. The molecule has 1 atom stereocenters. The molecule has 3 aromatic rings. The summed E-state index contributed by atoms with van der Waals surface area (Å²) < 4.78 is 16.5. The van der Waals surface area contributed by atoms with Gasteiger partial charge in [0, 0.05) is 37.3 Å². The Balaban J connectivity index is 1.53. The first-order chi connectivity index (χ1) is 13.8. The van der Waals surface area contributed by atoms with Crippen molar-refractivity contribution in [1.29, 1.82) is 0 Å². The molecule has 1 aromatic heterocycles. The summed E-state index contributed by atoms with van der Waals surface area (Å²) in [6.45, 7) is 3.50. The third-order valence-corrected chi connectivity index (χ3v) is 5.11. The van der Waals surface area contributed by atoms with Crippen LogP contribution in [0.15, 0.2) is 59.2 Å². The minimum absolute atomic E-state index is 0.228. The summed E-state index contributed by atoms with van der Waals surface area (Å²) in [5.74, 6) is 2.36. The number of piperazine rings is 1. The van der Waals surface area contributed by atoms with Crippen molar-refractivity contribution in [3.63, 3.8) is 0 Å².